The van der Waals surface area contributed by atoms with Gasteiger partial charge in [-0.25, -0.2) is 8.42 Å². The van der Waals surface area contributed by atoms with Crippen molar-refractivity contribution in [2.24, 2.45) is 5.92 Å². The number of hydrogen-bond donors (Lipinski definition) is 3. The fraction of sp³-hybridized carbons (Fsp3) is 0.381. The predicted octanol–water partition coefficient (Wildman–Crippen LogP) is 2.64. The second kappa shape index (κ2) is 8.94. The molecule has 2 aromatic rings. The minimum Gasteiger partial charge on any atom is -0.497 e. The molecule has 0 amide bonds. The predicted molar refractivity (Wildman–Crippen MR) is 108 cm³/mol. The fourth-order valence-corrected chi connectivity index (χ4v) is 4.89. The van der Waals surface area contributed by atoms with Crippen LogP contribution in [0, 0.1) is 5.92 Å². The van der Waals surface area contributed by atoms with Gasteiger partial charge in [0.2, 0.25) is 10.0 Å². The third-order valence-electron chi connectivity index (χ3n) is 5.35. The number of hydrogen-bond acceptors (Lipinski definition) is 5. The molecule has 156 valence electrons. The van der Waals surface area contributed by atoms with Crippen molar-refractivity contribution < 1.29 is 28.2 Å². The molecule has 1 saturated carbocycles. The fourth-order valence-electron chi connectivity index (χ4n) is 3.63. The van der Waals surface area contributed by atoms with Crippen LogP contribution in [-0.4, -0.2) is 43.9 Å². The zero-order chi connectivity index (χ0) is 21.0. The Morgan fingerprint density at radius 2 is 1.52 bits per heavy atom. The Balaban J connectivity index is 1.76. The summed E-state index contributed by atoms with van der Waals surface area (Å²) >= 11 is 0. The second-order valence-electron chi connectivity index (χ2n) is 7.26. The van der Waals surface area contributed by atoms with Crippen molar-refractivity contribution in [2.45, 2.75) is 42.7 Å². The number of carbonyl (C=O) groups is 1. The van der Waals surface area contributed by atoms with Gasteiger partial charge in [-0.2, -0.15) is 4.72 Å². The summed E-state index contributed by atoms with van der Waals surface area (Å²) < 4.78 is 33.0. The van der Waals surface area contributed by atoms with Crippen LogP contribution in [0.2, 0.25) is 0 Å². The van der Waals surface area contributed by atoms with Crippen LogP contribution in [0.15, 0.2) is 53.4 Å². The monoisotopic (exact) mass is 419 g/mol. The lowest BCUT2D eigenvalue weighted by molar-refractivity contribution is -0.141. The number of ether oxygens (including phenoxy) is 1. The third kappa shape index (κ3) is 5.14. The first-order valence-corrected chi connectivity index (χ1v) is 11.0. The molecule has 0 aromatic heterocycles. The van der Waals surface area contributed by atoms with E-state index in [4.69, 9.17) is 4.74 Å². The molecule has 0 saturated heterocycles. The number of rotatable bonds is 7. The number of aliphatic carboxylic acids is 1. The first-order chi connectivity index (χ1) is 13.8. The summed E-state index contributed by atoms with van der Waals surface area (Å²) in [6, 6.07) is 12.5. The molecule has 0 radical (unpaired) electrons. The molecule has 1 fully saturated rings. The van der Waals surface area contributed by atoms with E-state index >= 15 is 0 Å². The Morgan fingerprint density at radius 1 is 1.00 bits per heavy atom. The van der Waals surface area contributed by atoms with Crippen LogP contribution in [0.5, 0.6) is 5.75 Å². The van der Waals surface area contributed by atoms with Gasteiger partial charge in [0, 0.05) is 0 Å². The Bertz CT molecular complexity index is 932. The standard InChI is InChI=1S/C21H25NO6S/c1-28-18-10-4-14(5-11-18)15-6-12-19(13-7-15)29(26,27)22-20(21(24)25)16-2-8-17(23)9-3-16/h4-7,10-13,16-17,20,22-23H,2-3,8-9H2,1H3,(H,24,25)/t16?,17?,20-/m1/s1. The van der Waals surface area contributed by atoms with E-state index in [9.17, 15) is 23.4 Å². The van der Waals surface area contributed by atoms with E-state index in [1.807, 2.05) is 24.3 Å². The summed E-state index contributed by atoms with van der Waals surface area (Å²) in [6.07, 6.45) is 1.45. The van der Waals surface area contributed by atoms with Gasteiger partial charge in [-0.3, -0.25) is 4.79 Å². The van der Waals surface area contributed by atoms with Crippen LogP contribution in [0.25, 0.3) is 11.1 Å². The molecule has 7 nitrogen and oxygen atoms in total. The molecule has 1 aliphatic carbocycles. The SMILES string of the molecule is COc1ccc(-c2ccc(S(=O)(=O)N[C@@H](C(=O)O)C3CCC(O)CC3)cc2)cc1. The van der Waals surface area contributed by atoms with Crippen molar-refractivity contribution in [1.29, 1.82) is 0 Å². The molecular weight excluding hydrogens is 394 g/mol. The molecule has 2 aromatic carbocycles. The first-order valence-electron chi connectivity index (χ1n) is 9.48. The van der Waals surface area contributed by atoms with Gasteiger partial charge >= 0.3 is 5.97 Å². The summed E-state index contributed by atoms with van der Waals surface area (Å²) in [5.41, 5.74) is 1.74. The summed E-state index contributed by atoms with van der Waals surface area (Å²) in [7, 11) is -2.41. The molecule has 0 bridgehead atoms. The maximum absolute atomic E-state index is 12.7. The van der Waals surface area contributed by atoms with Crippen LogP contribution in [-0.2, 0) is 14.8 Å². The van der Waals surface area contributed by atoms with Gasteiger partial charge in [-0.05, 0) is 67.0 Å². The quantitative estimate of drug-likeness (QED) is 0.636. The van der Waals surface area contributed by atoms with E-state index in [1.54, 1.807) is 19.2 Å². The molecule has 0 aliphatic heterocycles. The number of carboxylic acid groups (broad SMARTS) is 1. The van der Waals surface area contributed by atoms with Crippen LogP contribution in [0.3, 0.4) is 0 Å². The number of aliphatic hydroxyl groups excluding tert-OH is 1. The zero-order valence-electron chi connectivity index (χ0n) is 16.1. The summed E-state index contributed by atoms with van der Waals surface area (Å²) in [6.45, 7) is 0. The van der Waals surface area contributed by atoms with E-state index in [2.05, 4.69) is 4.72 Å². The number of aliphatic hydroxyl groups is 1. The number of carboxylic acids is 1. The van der Waals surface area contributed by atoms with Gasteiger partial charge in [0.05, 0.1) is 18.1 Å². The average molecular weight is 419 g/mol. The molecule has 3 N–H and O–H groups in total. The Hall–Kier alpha value is -2.42. The molecule has 1 atom stereocenters. The zero-order valence-corrected chi connectivity index (χ0v) is 16.9. The molecule has 1 aliphatic rings. The highest BCUT2D eigenvalue weighted by Gasteiger charge is 2.35. The smallest absolute Gasteiger partial charge is 0.322 e. The highest BCUT2D eigenvalue weighted by atomic mass is 32.2. The maximum atomic E-state index is 12.7. The van der Waals surface area contributed by atoms with E-state index in [0.717, 1.165) is 16.9 Å². The highest BCUT2D eigenvalue weighted by molar-refractivity contribution is 7.89. The van der Waals surface area contributed by atoms with Gasteiger partial charge in [0.15, 0.2) is 0 Å². The highest BCUT2D eigenvalue weighted by Crippen LogP contribution is 2.28. The number of sulfonamides is 1. The first kappa shape index (κ1) is 21.3. The molecule has 0 spiro atoms. The molecule has 3 rings (SSSR count). The van der Waals surface area contributed by atoms with Crippen molar-refractivity contribution in [3.8, 4) is 16.9 Å². The lowest BCUT2D eigenvalue weighted by atomic mass is 9.83. The van der Waals surface area contributed by atoms with Crippen molar-refractivity contribution in [1.82, 2.24) is 4.72 Å². The van der Waals surface area contributed by atoms with E-state index in [1.165, 1.54) is 12.1 Å². The topological polar surface area (TPSA) is 113 Å². The van der Waals surface area contributed by atoms with Crippen LogP contribution < -0.4 is 9.46 Å². The third-order valence-corrected chi connectivity index (χ3v) is 6.81. The van der Waals surface area contributed by atoms with E-state index < -0.39 is 28.1 Å². The van der Waals surface area contributed by atoms with Gasteiger partial charge in [0.1, 0.15) is 11.8 Å². The summed E-state index contributed by atoms with van der Waals surface area (Å²) in [5, 5.41) is 19.2. The maximum Gasteiger partial charge on any atom is 0.322 e. The molecular formula is C21H25NO6S. The van der Waals surface area contributed by atoms with Crippen molar-refractivity contribution in [2.75, 3.05) is 7.11 Å². The Labute approximate surface area is 170 Å². The van der Waals surface area contributed by atoms with E-state index in [0.29, 0.717) is 25.7 Å². The number of benzene rings is 2. The van der Waals surface area contributed by atoms with Gasteiger partial charge in [-0.1, -0.05) is 24.3 Å². The van der Waals surface area contributed by atoms with Crippen molar-refractivity contribution in [3.63, 3.8) is 0 Å². The van der Waals surface area contributed by atoms with Gasteiger partial charge < -0.3 is 14.9 Å². The van der Waals surface area contributed by atoms with Gasteiger partial charge in [0.25, 0.3) is 0 Å². The van der Waals surface area contributed by atoms with Gasteiger partial charge in [-0.15, -0.1) is 0 Å². The molecule has 0 unspecified atom stereocenters. The van der Waals surface area contributed by atoms with Crippen LogP contribution in [0.1, 0.15) is 25.7 Å². The molecule has 0 heterocycles. The number of methoxy groups -OCH3 is 1. The van der Waals surface area contributed by atoms with E-state index in [-0.39, 0.29) is 10.8 Å². The molecule has 29 heavy (non-hydrogen) atoms. The van der Waals surface area contributed by atoms with Crippen LogP contribution in [0.4, 0.5) is 0 Å². The normalized spacial score (nSPS) is 20.8. The minimum atomic E-state index is -3.99. The largest absolute Gasteiger partial charge is 0.497 e. The lowest BCUT2D eigenvalue weighted by Crippen LogP contribution is -2.47. The number of nitrogens with one attached hydrogen (secondary N) is 1. The Morgan fingerprint density at radius 3 is 2.00 bits per heavy atom. The summed E-state index contributed by atoms with van der Waals surface area (Å²) in [4.78, 5) is 11.7. The average Bonchev–Trinajstić information content (AvgIpc) is 2.73. The van der Waals surface area contributed by atoms with Crippen molar-refractivity contribution >= 4 is 16.0 Å². The second-order valence-corrected chi connectivity index (χ2v) is 8.97. The summed E-state index contributed by atoms with van der Waals surface area (Å²) in [5.74, 6) is -0.818. The van der Waals surface area contributed by atoms with Crippen molar-refractivity contribution in [3.05, 3.63) is 48.5 Å². The lowest BCUT2D eigenvalue weighted by Gasteiger charge is -2.30. The minimum absolute atomic E-state index is 0.0110. The Kier molecular flexibility index (Phi) is 6.56. The van der Waals surface area contributed by atoms with Crippen LogP contribution >= 0.6 is 0 Å². The molecule has 8 heteroatoms.